The van der Waals surface area contributed by atoms with Gasteiger partial charge in [0.25, 0.3) is 0 Å². The van der Waals surface area contributed by atoms with Gasteiger partial charge in [-0.3, -0.25) is 0 Å². The average molecular weight is 125 g/mol. The SMILES string of the molecule is CCC12CC(CN)(C1)C2. The third-order valence-electron chi connectivity index (χ3n) is 3.43. The van der Waals surface area contributed by atoms with Crippen molar-refractivity contribution in [3.63, 3.8) is 0 Å². The van der Waals surface area contributed by atoms with E-state index in [-0.39, 0.29) is 0 Å². The smallest absolute Gasteiger partial charge is 0.00199 e. The molecular weight excluding hydrogens is 110 g/mol. The Labute approximate surface area is 56.6 Å². The minimum Gasteiger partial charge on any atom is -0.330 e. The molecule has 0 radical (unpaired) electrons. The van der Waals surface area contributed by atoms with Gasteiger partial charge in [-0.15, -0.1) is 0 Å². The van der Waals surface area contributed by atoms with Crippen LogP contribution in [0.4, 0.5) is 0 Å². The van der Waals surface area contributed by atoms with Crippen molar-refractivity contribution < 1.29 is 0 Å². The fraction of sp³-hybridized carbons (Fsp3) is 1.00. The van der Waals surface area contributed by atoms with E-state index in [1.165, 1.54) is 25.7 Å². The topological polar surface area (TPSA) is 26.0 Å². The highest BCUT2D eigenvalue weighted by Crippen LogP contribution is 2.74. The largest absolute Gasteiger partial charge is 0.330 e. The minimum absolute atomic E-state index is 0.649. The van der Waals surface area contributed by atoms with Gasteiger partial charge in [-0.2, -0.15) is 0 Å². The van der Waals surface area contributed by atoms with E-state index in [2.05, 4.69) is 6.92 Å². The number of hydrogen-bond donors (Lipinski definition) is 1. The van der Waals surface area contributed by atoms with Crippen LogP contribution in [0, 0.1) is 10.8 Å². The Bertz CT molecular complexity index is 106. The Hall–Kier alpha value is -0.0400. The van der Waals surface area contributed by atoms with Crippen LogP contribution in [-0.4, -0.2) is 6.54 Å². The summed E-state index contributed by atoms with van der Waals surface area (Å²) in [6.45, 7) is 3.24. The van der Waals surface area contributed by atoms with Crippen molar-refractivity contribution in [2.75, 3.05) is 6.54 Å². The van der Waals surface area contributed by atoms with Crippen molar-refractivity contribution in [3.05, 3.63) is 0 Å². The molecule has 9 heavy (non-hydrogen) atoms. The standard InChI is InChI=1S/C8H15N/c1-2-7-3-8(4-7,5-7)6-9/h2-6,9H2,1H3. The predicted molar refractivity (Wildman–Crippen MR) is 38.1 cm³/mol. The molecule has 2 bridgehead atoms. The van der Waals surface area contributed by atoms with Crippen LogP contribution in [0.2, 0.25) is 0 Å². The lowest BCUT2D eigenvalue weighted by atomic mass is 9.34. The second kappa shape index (κ2) is 1.34. The second-order valence-electron chi connectivity index (χ2n) is 4.09. The molecule has 0 heterocycles. The summed E-state index contributed by atoms with van der Waals surface area (Å²) in [6.07, 6.45) is 5.70. The molecule has 0 aromatic heterocycles. The lowest BCUT2D eigenvalue weighted by Gasteiger charge is -2.71. The monoisotopic (exact) mass is 125 g/mol. The first-order chi connectivity index (χ1) is 4.24. The molecule has 0 atom stereocenters. The Morgan fingerprint density at radius 3 is 2.11 bits per heavy atom. The zero-order valence-corrected chi connectivity index (χ0v) is 6.11. The zero-order chi connectivity index (χ0) is 6.54. The second-order valence-corrected chi connectivity index (χ2v) is 4.09. The Kier molecular flexibility index (Phi) is 0.852. The first-order valence-electron chi connectivity index (χ1n) is 3.94. The molecule has 0 aromatic carbocycles. The molecule has 52 valence electrons. The van der Waals surface area contributed by atoms with E-state index in [9.17, 15) is 0 Å². The molecule has 1 heteroatoms. The van der Waals surface area contributed by atoms with Gasteiger partial charge in [0.1, 0.15) is 0 Å². The summed E-state index contributed by atoms with van der Waals surface area (Å²) in [7, 11) is 0. The van der Waals surface area contributed by atoms with Gasteiger partial charge in [0.15, 0.2) is 0 Å². The van der Waals surface area contributed by atoms with E-state index >= 15 is 0 Å². The molecule has 1 nitrogen and oxygen atoms in total. The molecule has 0 amide bonds. The van der Waals surface area contributed by atoms with Crippen molar-refractivity contribution in [2.45, 2.75) is 32.6 Å². The van der Waals surface area contributed by atoms with E-state index in [1.807, 2.05) is 0 Å². The summed E-state index contributed by atoms with van der Waals surface area (Å²) in [5.74, 6) is 0. The quantitative estimate of drug-likeness (QED) is 0.595. The van der Waals surface area contributed by atoms with Crippen LogP contribution >= 0.6 is 0 Å². The molecule has 0 spiro atoms. The number of rotatable bonds is 2. The fourth-order valence-electron chi connectivity index (χ4n) is 2.82. The van der Waals surface area contributed by atoms with Crippen LogP contribution in [0.1, 0.15) is 32.6 Å². The maximum absolute atomic E-state index is 5.62. The molecule has 3 fully saturated rings. The van der Waals surface area contributed by atoms with Crippen LogP contribution in [0.5, 0.6) is 0 Å². The summed E-state index contributed by atoms with van der Waals surface area (Å²) in [5.41, 5.74) is 7.06. The van der Waals surface area contributed by atoms with Gasteiger partial charge < -0.3 is 5.73 Å². The zero-order valence-electron chi connectivity index (χ0n) is 6.11. The van der Waals surface area contributed by atoms with Crippen LogP contribution in [0.25, 0.3) is 0 Å². The highest BCUT2D eigenvalue weighted by molar-refractivity contribution is 5.16. The van der Waals surface area contributed by atoms with Crippen molar-refractivity contribution in [1.82, 2.24) is 0 Å². The highest BCUT2D eigenvalue weighted by atomic mass is 14.8. The average Bonchev–Trinajstić information content (AvgIpc) is 1.62. The number of nitrogens with two attached hydrogens (primary N) is 1. The number of hydrogen-bond acceptors (Lipinski definition) is 1. The van der Waals surface area contributed by atoms with Gasteiger partial charge in [0, 0.05) is 0 Å². The lowest BCUT2D eigenvalue weighted by molar-refractivity contribution is -0.197. The minimum atomic E-state index is 0.649. The van der Waals surface area contributed by atoms with Crippen LogP contribution in [0.3, 0.4) is 0 Å². The lowest BCUT2D eigenvalue weighted by Crippen LogP contribution is -2.64. The van der Waals surface area contributed by atoms with E-state index < -0.39 is 0 Å². The summed E-state index contributed by atoms with van der Waals surface area (Å²) in [4.78, 5) is 0. The summed E-state index contributed by atoms with van der Waals surface area (Å²) in [5, 5.41) is 0. The van der Waals surface area contributed by atoms with E-state index in [0.717, 1.165) is 12.0 Å². The maximum Gasteiger partial charge on any atom is -0.00199 e. The third kappa shape index (κ3) is 0.493. The first-order valence-corrected chi connectivity index (χ1v) is 3.94. The molecule has 3 aliphatic carbocycles. The maximum atomic E-state index is 5.62. The van der Waals surface area contributed by atoms with Crippen LogP contribution < -0.4 is 5.73 Å². The van der Waals surface area contributed by atoms with Crippen molar-refractivity contribution in [3.8, 4) is 0 Å². The van der Waals surface area contributed by atoms with Crippen LogP contribution in [-0.2, 0) is 0 Å². The van der Waals surface area contributed by atoms with E-state index in [0.29, 0.717) is 5.41 Å². The molecule has 0 aromatic rings. The van der Waals surface area contributed by atoms with Gasteiger partial charge in [-0.1, -0.05) is 13.3 Å². The third-order valence-corrected chi connectivity index (χ3v) is 3.43. The Morgan fingerprint density at radius 2 is 1.78 bits per heavy atom. The van der Waals surface area contributed by atoms with Gasteiger partial charge in [0.05, 0.1) is 0 Å². The Balaban J connectivity index is 1.96. The fourth-order valence-corrected chi connectivity index (χ4v) is 2.82. The molecule has 0 aliphatic heterocycles. The van der Waals surface area contributed by atoms with E-state index in [4.69, 9.17) is 5.73 Å². The summed E-state index contributed by atoms with van der Waals surface area (Å²) >= 11 is 0. The van der Waals surface area contributed by atoms with Gasteiger partial charge in [-0.25, -0.2) is 0 Å². The summed E-state index contributed by atoms with van der Waals surface area (Å²) < 4.78 is 0. The van der Waals surface area contributed by atoms with Gasteiger partial charge >= 0.3 is 0 Å². The highest BCUT2D eigenvalue weighted by Gasteiger charge is 2.65. The molecule has 0 saturated heterocycles. The first kappa shape index (κ1) is 5.72. The normalized spacial score (nSPS) is 54.0. The van der Waals surface area contributed by atoms with Gasteiger partial charge in [-0.05, 0) is 36.6 Å². The van der Waals surface area contributed by atoms with E-state index in [1.54, 1.807) is 0 Å². The molecule has 2 N–H and O–H groups in total. The molecule has 3 saturated carbocycles. The van der Waals surface area contributed by atoms with Gasteiger partial charge in [0.2, 0.25) is 0 Å². The predicted octanol–water partition coefficient (Wildman–Crippen LogP) is 1.53. The van der Waals surface area contributed by atoms with Crippen molar-refractivity contribution >= 4 is 0 Å². The molecule has 3 rings (SSSR count). The van der Waals surface area contributed by atoms with Crippen molar-refractivity contribution in [1.29, 1.82) is 0 Å². The Morgan fingerprint density at radius 1 is 1.22 bits per heavy atom. The molecule has 3 aliphatic rings. The molecular formula is C8H15N. The van der Waals surface area contributed by atoms with Crippen LogP contribution in [0.15, 0.2) is 0 Å². The molecule has 0 unspecified atom stereocenters. The summed E-state index contributed by atoms with van der Waals surface area (Å²) in [6, 6.07) is 0. The van der Waals surface area contributed by atoms with Crippen molar-refractivity contribution in [2.24, 2.45) is 16.6 Å².